The molecule has 22 heavy (non-hydrogen) atoms. The average Bonchev–Trinajstić information content (AvgIpc) is 2.49. The van der Waals surface area contributed by atoms with E-state index in [4.69, 9.17) is 22.1 Å². The third kappa shape index (κ3) is 4.60. The first-order chi connectivity index (χ1) is 10.5. The maximum Gasteiger partial charge on any atom is 0.343 e. The molecule has 2 amide bonds. The van der Waals surface area contributed by atoms with Crippen LogP contribution in [-0.2, 0) is 0 Å². The average molecular weight is 318 g/mol. The molecule has 3 N–H and O–H groups in total. The van der Waals surface area contributed by atoms with Crippen molar-refractivity contribution in [1.82, 2.24) is 5.43 Å². The molecule has 0 aliphatic heterocycles. The number of hydrogen-bond donors (Lipinski definition) is 2. The number of hydrazone groups is 1. The molecule has 0 fully saturated rings. The molecule has 0 bridgehead atoms. The number of esters is 1. The van der Waals surface area contributed by atoms with E-state index in [9.17, 15) is 9.59 Å². The number of benzene rings is 2. The standard InChI is InChI=1S/C15H12ClN3O3/c16-12-5-3-11(4-6-12)14(20)22-13-7-1-10(2-8-13)9-18-19-15(17)21/h1-9H,(H3,17,19,21). The van der Waals surface area contributed by atoms with Crippen LogP contribution in [0.25, 0.3) is 0 Å². The summed E-state index contributed by atoms with van der Waals surface area (Å²) in [7, 11) is 0. The number of amides is 2. The predicted octanol–water partition coefficient (Wildman–Crippen LogP) is 2.56. The lowest BCUT2D eigenvalue weighted by atomic mass is 10.2. The molecular formula is C15H12ClN3O3. The number of rotatable bonds is 4. The summed E-state index contributed by atoms with van der Waals surface area (Å²) in [5.74, 6) is -0.0894. The lowest BCUT2D eigenvalue weighted by molar-refractivity contribution is 0.0734. The number of nitrogens with one attached hydrogen (secondary N) is 1. The number of carbonyl (C=O) groups is 2. The highest BCUT2D eigenvalue weighted by Gasteiger charge is 2.08. The molecule has 0 aromatic heterocycles. The normalized spacial score (nSPS) is 10.4. The fourth-order valence-electron chi connectivity index (χ4n) is 1.54. The third-order valence-corrected chi connectivity index (χ3v) is 2.81. The monoisotopic (exact) mass is 317 g/mol. The Morgan fingerprint density at radius 1 is 1.09 bits per heavy atom. The number of urea groups is 1. The number of nitrogens with zero attached hydrogens (tertiary/aromatic N) is 1. The van der Waals surface area contributed by atoms with Crippen molar-refractivity contribution >= 4 is 29.8 Å². The Balaban J connectivity index is 1.98. The van der Waals surface area contributed by atoms with Crippen molar-refractivity contribution in [2.45, 2.75) is 0 Å². The fourth-order valence-corrected chi connectivity index (χ4v) is 1.67. The minimum Gasteiger partial charge on any atom is -0.423 e. The molecule has 0 saturated heterocycles. The van der Waals surface area contributed by atoms with Crippen LogP contribution in [-0.4, -0.2) is 18.2 Å². The van der Waals surface area contributed by atoms with Crippen LogP contribution in [0.2, 0.25) is 5.02 Å². The number of nitrogens with two attached hydrogens (primary N) is 1. The van der Waals surface area contributed by atoms with Gasteiger partial charge in [-0.1, -0.05) is 11.6 Å². The van der Waals surface area contributed by atoms with Gasteiger partial charge >= 0.3 is 12.0 Å². The van der Waals surface area contributed by atoms with Gasteiger partial charge in [0.25, 0.3) is 0 Å². The van der Waals surface area contributed by atoms with Gasteiger partial charge in [-0.25, -0.2) is 15.0 Å². The SMILES string of the molecule is NC(=O)NN=Cc1ccc(OC(=O)c2ccc(Cl)cc2)cc1. The summed E-state index contributed by atoms with van der Waals surface area (Å²) in [6.07, 6.45) is 1.41. The molecule has 0 radical (unpaired) electrons. The molecule has 0 unspecified atom stereocenters. The maximum atomic E-state index is 11.9. The van der Waals surface area contributed by atoms with E-state index in [1.807, 2.05) is 0 Å². The zero-order valence-electron chi connectivity index (χ0n) is 11.3. The second kappa shape index (κ2) is 7.24. The van der Waals surface area contributed by atoms with E-state index < -0.39 is 12.0 Å². The summed E-state index contributed by atoms with van der Waals surface area (Å²) < 4.78 is 5.22. The zero-order chi connectivity index (χ0) is 15.9. The van der Waals surface area contributed by atoms with Gasteiger partial charge in [0.2, 0.25) is 0 Å². The fraction of sp³-hybridized carbons (Fsp3) is 0. The molecule has 7 heteroatoms. The summed E-state index contributed by atoms with van der Waals surface area (Å²) >= 11 is 5.76. The Morgan fingerprint density at radius 2 is 1.73 bits per heavy atom. The van der Waals surface area contributed by atoms with Crippen molar-refractivity contribution in [2.75, 3.05) is 0 Å². The van der Waals surface area contributed by atoms with E-state index in [1.165, 1.54) is 6.21 Å². The highest BCUT2D eigenvalue weighted by Crippen LogP contribution is 2.15. The summed E-state index contributed by atoms with van der Waals surface area (Å²) in [5, 5.41) is 4.16. The quantitative estimate of drug-likeness (QED) is 0.393. The van der Waals surface area contributed by atoms with Crippen molar-refractivity contribution in [2.24, 2.45) is 10.8 Å². The van der Waals surface area contributed by atoms with Gasteiger partial charge in [0.1, 0.15) is 5.75 Å². The number of carbonyl (C=O) groups excluding carboxylic acids is 2. The van der Waals surface area contributed by atoms with Crippen LogP contribution >= 0.6 is 11.6 Å². The highest BCUT2D eigenvalue weighted by atomic mass is 35.5. The number of hydrogen-bond acceptors (Lipinski definition) is 4. The number of primary amides is 1. The zero-order valence-corrected chi connectivity index (χ0v) is 12.1. The van der Waals surface area contributed by atoms with Crippen LogP contribution < -0.4 is 15.9 Å². The van der Waals surface area contributed by atoms with Crippen LogP contribution in [0.3, 0.4) is 0 Å². The summed E-state index contributed by atoms with van der Waals surface area (Å²) in [4.78, 5) is 22.4. The molecule has 6 nitrogen and oxygen atoms in total. The Bertz CT molecular complexity index is 697. The van der Waals surface area contributed by atoms with Crippen molar-refractivity contribution in [3.63, 3.8) is 0 Å². The second-order valence-corrected chi connectivity index (χ2v) is 4.64. The first kappa shape index (κ1) is 15.5. The van der Waals surface area contributed by atoms with Crippen molar-refractivity contribution in [3.05, 3.63) is 64.7 Å². The topological polar surface area (TPSA) is 93.8 Å². The van der Waals surface area contributed by atoms with Crippen molar-refractivity contribution in [1.29, 1.82) is 0 Å². The van der Waals surface area contributed by atoms with E-state index in [2.05, 4.69) is 10.5 Å². The Morgan fingerprint density at radius 3 is 2.32 bits per heavy atom. The Hall–Kier alpha value is -2.86. The van der Waals surface area contributed by atoms with Gasteiger partial charge in [-0.15, -0.1) is 0 Å². The lowest BCUT2D eigenvalue weighted by Gasteiger charge is -2.04. The molecule has 2 aromatic rings. The smallest absolute Gasteiger partial charge is 0.343 e. The first-order valence-electron chi connectivity index (χ1n) is 6.21. The largest absolute Gasteiger partial charge is 0.423 e. The summed E-state index contributed by atoms with van der Waals surface area (Å²) in [6, 6.07) is 12.2. The Labute approximate surface area is 131 Å². The van der Waals surface area contributed by atoms with Crippen LogP contribution in [0.5, 0.6) is 5.75 Å². The minimum atomic E-state index is -0.746. The molecule has 0 saturated carbocycles. The predicted molar refractivity (Wildman–Crippen MR) is 83.2 cm³/mol. The lowest BCUT2D eigenvalue weighted by Crippen LogP contribution is -2.24. The van der Waals surface area contributed by atoms with Crippen LogP contribution in [0.15, 0.2) is 53.6 Å². The third-order valence-electron chi connectivity index (χ3n) is 2.56. The van der Waals surface area contributed by atoms with Crippen molar-refractivity contribution < 1.29 is 14.3 Å². The van der Waals surface area contributed by atoms with E-state index in [-0.39, 0.29) is 0 Å². The summed E-state index contributed by atoms with van der Waals surface area (Å²) in [6.45, 7) is 0. The Kier molecular flexibility index (Phi) is 5.11. The van der Waals surface area contributed by atoms with Crippen LogP contribution in [0.1, 0.15) is 15.9 Å². The van der Waals surface area contributed by atoms with Crippen LogP contribution in [0.4, 0.5) is 4.79 Å². The molecule has 0 aliphatic carbocycles. The number of ether oxygens (including phenoxy) is 1. The number of halogens is 1. The molecule has 0 atom stereocenters. The van der Waals surface area contributed by atoms with Gasteiger partial charge in [-0.05, 0) is 54.1 Å². The van der Waals surface area contributed by atoms with E-state index in [1.54, 1.807) is 48.5 Å². The molecule has 0 aliphatic rings. The molecule has 2 aromatic carbocycles. The first-order valence-corrected chi connectivity index (χ1v) is 6.59. The van der Waals surface area contributed by atoms with Gasteiger partial charge in [-0.3, -0.25) is 0 Å². The molecule has 112 valence electrons. The highest BCUT2D eigenvalue weighted by molar-refractivity contribution is 6.30. The van der Waals surface area contributed by atoms with E-state index in [0.717, 1.165) is 0 Å². The summed E-state index contributed by atoms with van der Waals surface area (Å²) in [5.41, 5.74) is 8.06. The van der Waals surface area contributed by atoms with Gasteiger partial charge in [0, 0.05) is 5.02 Å². The molecule has 0 spiro atoms. The minimum absolute atomic E-state index is 0.389. The van der Waals surface area contributed by atoms with Gasteiger partial charge in [-0.2, -0.15) is 5.10 Å². The van der Waals surface area contributed by atoms with E-state index >= 15 is 0 Å². The molecular weight excluding hydrogens is 306 g/mol. The van der Waals surface area contributed by atoms with E-state index in [0.29, 0.717) is 21.9 Å². The van der Waals surface area contributed by atoms with Gasteiger partial charge < -0.3 is 10.5 Å². The molecule has 2 rings (SSSR count). The molecule has 0 heterocycles. The van der Waals surface area contributed by atoms with Crippen molar-refractivity contribution in [3.8, 4) is 5.75 Å². The maximum absolute atomic E-state index is 11.9. The van der Waals surface area contributed by atoms with Gasteiger partial charge in [0.05, 0.1) is 11.8 Å². The van der Waals surface area contributed by atoms with Crippen LogP contribution in [0, 0.1) is 0 Å². The second-order valence-electron chi connectivity index (χ2n) is 4.20. The van der Waals surface area contributed by atoms with Gasteiger partial charge in [0.15, 0.2) is 0 Å².